The molecule has 4 heteroatoms. The number of benzene rings is 8. The Bertz CT molecular complexity index is 3600. The Labute approximate surface area is 339 Å². The average Bonchev–Trinajstić information content (AvgIpc) is 3.93. The first kappa shape index (κ1) is 31.9. The summed E-state index contributed by atoms with van der Waals surface area (Å²) >= 11 is 1.90. The molecule has 0 radical (unpaired) electrons. The second-order valence-electron chi connectivity index (χ2n) is 15.3. The molecule has 0 unspecified atom stereocenters. The number of fused-ring (bicyclic) bond motifs is 11. The first-order valence-electron chi connectivity index (χ1n) is 19.8. The van der Waals surface area contributed by atoms with Crippen LogP contribution in [0.15, 0.2) is 210 Å². The van der Waals surface area contributed by atoms with Crippen molar-refractivity contribution in [2.75, 3.05) is 4.90 Å². The van der Waals surface area contributed by atoms with Gasteiger partial charge in [0.05, 0.1) is 43.9 Å². The summed E-state index contributed by atoms with van der Waals surface area (Å²) in [5.74, 6) is 0. The lowest BCUT2D eigenvalue weighted by atomic mass is 9.97. The molecule has 13 rings (SSSR count). The standard InChI is InChI=1S/C54H33N3S/c1-3-14-34(15-4-1)44-33-39(30-37-16-7-8-19-40(37)44)55-46-23-12-11-21-42(46)45-31-35(26-28-48(45)55)36-27-29-49-51(32-36)58-54-50-25-13-24-47-41-20-9-10-22-43(41)52(57(47)50)53(54)56(49)38-17-5-2-6-18-38/h1-33H. The van der Waals surface area contributed by atoms with Crippen LogP contribution in [0.1, 0.15) is 0 Å². The van der Waals surface area contributed by atoms with Crippen LogP contribution >= 0.6 is 11.8 Å². The summed E-state index contributed by atoms with van der Waals surface area (Å²) in [5, 5.41) is 7.57. The van der Waals surface area contributed by atoms with E-state index in [4.69, 9.17) is 0 Å². The fraction of sp³-hybridized carbons (Fsp3) is 0. The Morgan fingerprint density at radius 2 is 1.02 bits per heavy atom. The normalized spacial score (nSPS) is 12.7. The number of pyridine rings is 1. The highest BCUT2D eigenvalue weighted by Crippen LogP contribution is 2.58. The number of hydrogen-bond donors (Lipinski definition) is 0. The number of nitrogens with zero attached hydrogens (tertiary/aromatic N) is 3. The Morgan fingerprint density at radius 3 is 1.86 bits per heavy atom. The van der Waals surface area contributed by atoms with E-state index in [9.17, 15) is 0 Å². The Kier molecular flexibility index (Phi) is 6.66. The third-order valence-corrected chi connectivity index (χ3v) is 13.3. The molecule has 8 aromatic carbocycles. The SMILES string of the molecule is c1ccc(-c2cc(-n3c4ccccc4c4cc(-c5ccc6c(c5)Sc5c(c7c8ccccc8c8cccc5n87)N6c5ccccc5)ccc43)cc3ccccc23)cc1. The molecule has 1 aliphatic heterocycles. The van der Waals surface area contributed by atoms with Gasteiger partial charge in [-0.2, -0.15) is 0 Å². The molecular weight excluding hydrogens is 723 g/mol. The lowest BCUT2D eigenvalue weighted by molar-refractivity contribution is 1.19. The van der Waals surface area contributed by atoms with E-state index < -0.39 is 0 Å². The maximum Gasteiger partial charge on any atom is 0.0871 e. The quantitative estimate of drug-likeness (QED) is 0.177. The molecule has 0 fully saturated rings. The van der Waals surface area contributed by atoms with Crippen LogP contribution in [-0.2, 0) is 0 Å². The minimum absolute atomic E-state index is 1.16. The van der Waals surface area contributed by atoms with E-state index in [1.807, 2.05) is 11.8 Å². The molecule has 58 heavy (non-hydrogen) atoms. The van der Waals surface area contributed by atoms with E-state index in [0.717, 1.165) is 11.4 Å². The van der Waals surface area contributed by atoms with Gasteiger partial charge in [-0.3, -0.25) is 0 Å². The molecule has 0 saturated carbocycles. The smallest absolute Gasteiger partial charge is 0.0871 e. The van der Waals surface area contributed by atoms with E-state index in [2.05, 4.69) is 214 Å². The van der Waals surface area contributed by atoms with Gasteiger partial charge in [0.15, 0.2) is 0 Å². The van der Waals surface area contributed by atoms with Crippen molar-refractivity contribution < 1.29 is 0 Å². The molecule has 0 aliphatic carbocycles. The van der Waals surface area contributed by atoms with Crippen molar-refractivity contribution in [2.24, 2.45) is 0 Å². The van der Waals surface area contributed by atoms with Gasteiger partial charge in [0.2, 0.25) is 0 Å². The molecule has 0 atom stereocenters. The molecule has 4 aromatic heterocycles. The van der Waals surface area contributed by atoms with Crippen LogP contribution in [0.5, 0.6) is 0 Å². The Hall–Kier alpha value is -7.27. The molecule has 0 spiro atoms. The van der Waals surface area contributed by atoms with Gasteiger partial charge in [0.1, 0.15) is 0 Å². The first-order chi connectivity index (χ1) is 28.8. The molecular formula is C54H33N3S. The predicted molar refractivity (Wildman–Crippen MR) is 245 cm³/mol. The number of hydrogen-bond acceptors (Lipinski definition) is 2. The monoisotopic (exact) mass is 755 g/mol. The van der Waals surface area contributed by atoms with Gasteiger partial charge in [-0.05, 0) is 99.8 Å². The topological polar surface area (TPSA) is 12.6 Å². The molecule has 3 nitrogen and oxygen atoms in total. The van der Waals surface area contributed by atoms with Crippen LogP contribution < -0.4 is 4.90 Å². The van der Waals surface area contributed by atoms with Gasteiger partial charge in [0.25, 0.3) is 0 Å². The fourth-order valence-corrected chi connectivity index (χ4v) is 10.9. The highest BCUT2D eigenvalue weighted by atomic mass is 32.2. The maximum absolute atomic E-state index is 2.49. The summed E-state index contributed by atoms with van der Waals surface area (Å²) in [7, 11) is 0. The summed E-state index contributed by atoms with van der Waals surface area (Å²) in [4.78, 5) is 5.03. The molecule has 5 heterocycles. The van der Waals surface area contributed by atoms with Gasteiger partial charge >= 0.3 is 0 Å². The molecule has 1 aliphatic rings. The van der Waals surface area contributed by atoms with Crippen LogP contribution in [0, 0.1) is 0 Å². The van der Waals surface area contributed by atoms with Crippen molar-refractivity contribution in [3.8, 4) is 27.9 Å². The second kappa shape index (κ2) is 12.1. The van der Waals surface area contributed by atoms with Gasteiger partial charge < -0.3 is 13.9 Å². The molecule has 270 valence electrons. The minimum atomic E-state index is 1.16. The lowest BCUT2D eigenvalue weighted by Gasteiger charge is -2.32. The van der Waals surface area contributed by atoms with Gasteiger partial charge in [0, 0.05) is 37.8 Å². The van der Waals surface area contributed by atoms with Crippen LogP contribution in [0.25, 0.3) is 87.8 Å². The van der Waals surface area contributed by atoms with Crippen LogP contribution in [0.2, 0.25) is 0 Å². The second-order valence-corrected chi connectivity index (χ2v) is 16.4. The zero-order valence-electron chi connectivity index (χ0n) is 31.3. The Balaban J connectivity index is 0.992. The largest absolute Gasteiger partial charge is 0.309 e. The zero-order chi connectivity index (χ0) is 37.9. The molecule has 0 amide bonds. The van der Waals surface area contributed by atoms with Crippen LogP contribution in [0.3, 0.4) is 0 Å². The van der Waals surface area contributed by atoms with Crippen molar-refractivity contribution in [3.63, 3.8) is 0 Å². The van der Waals surface area contributed by atoms with Gasteiger partial charge in [-0.1, -0.05) is 145 Å². The third kappa shape index (κ3) is 4.46. The molecule has 12 aromatic rings. The highest BCUT2D eigenvalue weighted by molar-refractivity contribution is 8.00. The van der Waals surface area contributed by atoms with Crippen LogP contribution in [0.4, 0.5) is 17.1 Å². The number of rotatable bonds is 4. The number of aromatic nitrogens is 2. The Morgan fingerprint density at radius 1 is 0.379 bits per heavy atom. The first-order valence-corrected chi connectivity index (χ1v) is 20.7. The van der Waals surface area contributed by atoms with Crippen molar-refractivity contribution >= 4 is 88.7 Å². The number of anilines is 3. The average molecular weight is 756 g/mol. The lowest BCUT2D eigenvalue weighted by Crippen LogP contribution is -2.14. The number of para-hydroxylation sites is 2. The molecule has 0 N–H and O–H groups in total. The predicted octanol–water partition coefficient (Wildman–Crippen LogP) is 15.2. The van der Waals surface area contributed by atoms with E-state index in [1.165, 1.54) is 103 Å². The maximum atomic E-state index is 2.49. The third-order valence-electron chi connectivity index (χ3n) is 12.2. The van der Waals surface area contributed by atoms with Crippen LogP contribution in [-0.4, -0.2) is 8.97 Å². The summed E-state index contributed by atoms with van der Waals surface area (Å²) in [6, 6.07) is 73.6. The van der Waals surface area contributed by atoms with Crippen molar-refractivity contribution in [2.45, 2.75) is 9.79 Å². The van der Waals surface area contributed by atoms with Gasteiger partial charge in [-0.15, -0.1) is 0 Å². The zero-order valence-corrected chi connectivity index (χ0v) is 32.1. The van der Waals surface area contributed by atoms with Gasteiger partial charge in [-0.25, -0.2) is 0 Å². The highest BCUT2D eigenvalue weighted by Gasteiger charge is 2.33. The molecule has 0 saturated heterocycles. The molecule has 0 bridgehead atoms. The summed E-state index contributed by atoms with van der Waals surface area (Å²) < 4.78 is 4.93. The minimum Gasteiger partial charge on any atom is -0.309 e. The van der Waals surface area contributed by atoms with Crippen molar-refractivity contribution in [1.82, 2.24) is 8.97 Å². The van der Waals surface area contributed by atoms with Crippen molar-refractivity contribution in [3.05, 3.63) is 200 Å². The van der Waals surface area contributed by atoms with E-state index in [1.54, 1.807) is 0 Å². The van der Waals surface area contributed by atoms with E-state index >= 15 is 0 Å². The van der Waals surface area contributed by atoms with Crippen molar-refractivity contribution in [1.29, 1.82) is 0 Å². The van der Waals surface area contributed by atoms with E-state index in [0.29, 0.717) is 0 Å². The summed E-state index contributed by atoms with van der Waals surface area (Å²) in [5.41, 5.74) is 15.8. The summed E-state index contributed by atoms with van der Waals surface area (Å²) in [6.07, 6.45) is 0. The summed E-state index contributed by atoms with van der Waals surface area (Å²) in [6.45, 7) is 0. The van der Waals surface area contributed by atoms with E-state index in [-0.39, 0.29) is 0 Å². The fourth-order valence-electron chi connectivity index (χ4n) is 9.69.